The van der Waals surface area contributed by atoms with Gasteiger partial charge in [-0.1, -0.05) is 6.92 Å². The van der Waals surface area contributed by atoms with Crippen LogP contribution in [-0.4, -0.2) is 28.7 Å². The largest absolute Gasteiger partial charge is 0.393 e. The van der Waals surface area contributed by atoms with Gasteiger partial charge in [-0.15, -0.1) is 0 Å². The fraction of sp³-hybridized carbons (Fsp3) is 0.944. The van der Waals surface area contributed by atoms with Gasteiger partial charge in [-0.3, -0.25) is 4.79 Å². The number of hydrogen-bond acceptors (Lipinski definition) is 3. The molecule has 4 aliphatic carbocycles. The highest BCUT2D eigenvalue weighted by Gasteiger charge is 2.71. The van der Waals surface area contributed by atoms with Crippen LogP contribution in [0, 0.1) is 29.1 Å². The van der Waals surface area contributed by atoms with Crippen molar-refractivity contribution in [2.45, 2.75) is 76.1 Å². The second kappa shape index (κ2) is 3.91. The Morgan fingerprint density at radius 1 is 1.05 bits per heavy atom. The van der Waals surface area contributed by atoms with Crippen LogP contribution >= 0.6 is 0 Å². The minimum atomic E-state index is -0.0859. The molecule has 1 aliphatic heterocycles. The standard InChI is InChI=1S/C18H26O3/c1-17-8-6-11-10(12(17)3-5-15(17)20)7-9-18-13(11)2-4-14(19)16(18)21-18/h10-13,15-16,20H,2-9H2,1H3/t10-,11+,12+,13-,15+,16?,17+,18?/m1/s1. The molecule has 1 spiro atoms. The van der Waals surface area contributed by atoms with Gasteiger partial charge in [0.2, 0.25) is 0 Å². The number of rotatable bonds is 0. The lowest BCUT2D eigenvalue weighted by atomic mass is 9.50. The molecular formula is C18H26O3. The van der Waals surface area contributed by atoms with Crippen molar-refractivity contribution in [1.29, 1.82) is 0 Å². The van der Waals surface area contributed by atoms with E-state index in [0.717, 1.165) is 37.5 Å². The second-order valence-corrected chi connectivity index (χ2v) is 8.67. The number of Topliss-reactive ketones (excluding diaryl/α,β-unsaturated/α-hetero) is 1. The van der Waals surface area contributed by atoms with E-state index in [1.165, 1.54) is 25.7 Å². The van der Waals surface area contributed by atoms with Gasteiger partial charge in [0.15, 0.2) is 5.78 Å². The Balaban J connectivity index is 1.46. The van der Waals surface area contributed by atoms with Crippen LogP contribution in [0.3, 0.4) is 0 Å². The second-order valence-electron chi connectivity index (χ2n) is 8.67. The number of carbonyl (C=O) groups is 1. The number of ketones is 1. The fourth-order valence-corrected chi connectivity index (χ4v) is 7.03. The summed E-state index contributed by atoms with van der Waals surface area (Å²) in [5, 5.41) is 10.4. The summed E-state index contributed by atoms with van der Waals surface area (Å²) in [7, 11) is 0. The predicted octanol–water partition coefficient (Wildman–Crippen LogP) is 2.70. The Hall–Kier alpha value is -0.410. The Morgan fingerprint density at radius 2 is 1.81 bits per heavy atom. The molecule has 0 aromatic heterocycles. The molecule has 1 saturated heterocycles. The maximum absolute atomic E-state index is 12.0. The summed E-state index contributed by atoms with van der Waals surface area (Å²) in [5.74, 6) is 3.22. The van der Waals surface area contributed by atoms with E-state index in [4.69, 9.17) is 4.74 Å². The maximum atomic E-state index is 12.0. The summed E-state index contributed by atoms with van der Waals surface area (Å²) < 4.78 is 5.99. The number of epoxide rings is 1. The van der Waals surface area contributed by atoms with Gasteiger partial charge in [0.1, 0.15) is 11.7 Å². The van der Waals surface area contributed by atoms with Gasteiger partial charge in [0.25, 0.3) is 0 Å². The summed E-state index contributed by atoms with van der Waals surface area (Å²) in [5.41, 5.74) is 0.126. The molecule has 0 amide bonds. The Labute approximate surface area is 126 Å². The van der Waals surface area contributed by atoms with Gasteiger partial charge in [-0.2, -0.15) is 0 Å². The fourth-order valence-electron chi connectivity index (χ4n) is 7.03. The number of fused-ring (bicyclic) bond motifs is 4. The Morgan fingerprint density at radius 3 is 2.67 bits per heavy atom. The van der Waals surface area contributed by atoms with Gasteiger partial charge >= 0.3 is 0 Å². The van der Waals surface area contributed by atoms with Crippen molar-refractivity contribution in [3.63, 3.8) is 0 Å². The SMILES string of the molecule is C[C@]12CC[C@H]3[C@@H](CCC45OC4C(=O)CC[C@H]35)[C@@H]1CC[C@@H]2O. The van der Waals surface area contributed by atoms with Crippen LogP contribution in [0.2, 0.25) is 0 Å². The third-order valence-electron chi connectivity index (χ3n) is 8.17. The zero-order chi connectivity index (χ0) is 14.4. The molecule has 8 atom stereocenters. The highest BCUT2D eigenvalue weighted by atomic mass is 16.6. The molecule has 1 N–H and O–H groups in total. The molecule has 5 rings (SSSR count). The molecule has 0 bridgehead atoms. The summed E-state index contributed by atoms with van der Waals surface area (Å²) in [6, 6.07) is 0. The summed E-state index contributed by atoms with van der Waals surface area (Å²) in [6.07, 6.45) is 8.61. The van der Waals surface area contributed by atoms with E-state index >= 15 is 0 Å². The van der Waals surface area contributed by atoms with E-state index in [2.05, 4.69) is 6.92 Å². The molecule has 3 nitrogen and oxygen atoms in total. The first-order valence-electron chi connectivity index (χ1n) is 8.95. The van der Waals surface area contributed by atoms with Crippen molar-refractivity contribution in [2.24, 2.45) is 29.1 Å². The van der Waals surface area contributed by atoms with Crippen LogP contribution in [0.1, 0.15) is 58.3 Å². The van der Waals surface area contributed by atoms with Crippen LogP contribution in [0.5, 0.6) is 0 Å². The van der Waals surface area contributed by atoms with Crippen molar-refractivity contribution in [2.75, 3.05) is 0 Å². The lowest BCUT2D eigenvalue weighted by Gasteiger charge is -2.54. The highest BCUT2D eigenvalue weighted by molar-refractivity contribution is 5.88. The molecule has 2 unspecified atom stereocenters. The smallest absolute Gasteiger partial charge is 0.164 e. The van der Waals surface area contributed by atoms with Gasteiger partial charge in [-0.05, 0) is 74.0 Å². The van der Waals surface area contributed by atoms with E-state index in [1.54, 1.807) is 0 Å². The Kier molecular flexibility index (Phi) is 2.44. The highest BCUT2D eigenvalue weighted by Crippen LogP contribution is 2.67. The quantitative estimate of drug-likeness (QED) is 0.698. The van der Waals surface area contributed by atoms with Gasteiger partial charge in [0.05, 0.1) is 6.10 Å². The number of aliphatic hydroxyl groups excluding tert-OH is 1. The summed E-state index contributed by atoms with van der Waals surface area (Å²) >= 11 is 0. The first-order chi connectivity index (χ1) is 10.1. The topological polar surface area (TPSA) is 49.8 Å². The molecule has 0 aromatic rings. The zero-order valence-corrected chi connectivity index (χ0v) is 12.9. The zero-order valence-electron chi connectivity index (χ0n) is 12.9. The van der Waals surface area contributed by atoms with Crippen LogP contribution in [0.15, 0.2) is 0 Å². The molecule has 5 fully saturated rings. The number of hydrogen-bond donors (Lipinski definition) is 1. The van der Waals surface area contributed by atoms with Crippen molar-refractivity contribution >= 4 is 5.78 Å². The van der Waals surface area contributed by atoms with Crippen LogP contribution in [-0.2, 0) is 9.53 Å². The van der Waals surface area contributed by atoms with E-state index in [0.29, 0.717) is 17.6 Å². The number of ether oxygens (including phenoxy) is 1. The monoisotopic (exact) mass is 290 g/mol. The number of carbonyl (C=O) groups excluding carboxylic acids is 1. The van der Waals surface area contributed by atoms with Crippen LogP contribution in [0.25, 0.3) is 0 Å². The van der Waals surface area contributed by atoms with E-state index in [-0.39, 0.29) is 23.2 Å². The van der Waals surface area contributed by atoms with Crippen molar-refractivity contribution < 1.29 is 14.6 Å². The summed E-state index contributed by atoms with van der Waals surface area (Å²) in [4.78, 5) is 12.0. The minimum absolute atomic E-state index is 0.0402. The van der Waals surface area contributed by atoms with Crippen molar-refractivity contribution in [1.82, 2.24) is 0 Å². The van der Waals surface area contributed by atoms with Gasteiger partial charge in [0, 0.05) is 6.42 Å². The predicted molar refractivity (Wildman–Crippen MR) is 77.6 cm³/mol. The molecule has 116 valence electrons. The van der Waals surface area contributed by atoms with E-state index < -0.39 is 0 Å². The van der Waals surface area contributed by atoms with Crippen molar-refractivity contribution in [3.05, 3.63) is 0 Å². The first kappa shape index (κ1) is 13.1. The number of aliphatic hydroxyl groups is 1. The lowest BCUT2D eigenvalue weighted by molar-refractivity contribution is -0.123. The molecule has 1 heterocycles. The lowest BCUT2D eigenvalue weighted by Crippen LogP contribution is -2.52. The minimum Gasteiger partial charge on any atom is -0.393 e. The van der Waals surface area contributed by atoms with Crippen LogP contribution in [0.4, 0.5) is 0 Å². The van der Waals surface area contributed by atoms with Gasteiger partial charge < -0.3 is 9.84 Å². The average molecular weight is 290 g/mol. The van der Waals surface area contributed by atoms with E-state index in [1.807, 2.05) is 0 Å². The third kappa shape index (κ3) is 1.45. The van der Waals surface area contributed by atoms with Crippen molar-refractivity contribution in [3.8, 4) is 0 Å². The molecule has 4 saturated carbocycles. The Bertz CT molecular complexity index is 503. The molecule has 21 heavy (non-hydrogen) atoms. The molecular weight excluding hydrogens is 264 g/mol. The van der Waals surface area contributed by atoms with Gasteiger partial charge in [-0.25, -0.2) is 0 Å². The molecule has 0 aromatic carbocycles. The molecule has 5 aliphatic rings. The normalized spacial score (nSPS) is 61.5. The maximum Gasteiger partial charge on any atom is 0.164 e. The summed E-state index contributed by atoms with van der Waals surface area (Å²) in [6.45, 7) is 2.33. The van der Waals surface area contributed by atoms with E-state index in [9.17, 15) is 9.90 Å². The van der Waals surface area contributed by atoms with Crippen LogP contribution < -0.4 is 0 Å². The third-order valence-corrected chi connectivity index (χ3v) is 8.17. The first-order valence-corrected chi connectivity index (χ1v) is 8.95. The molecule has 3 heteroatoms. The average Bonchev–Trinajstić information content (AvgIpc) is 3.13. The molecule has 0 radical (unpaired) electrons.